The highest BCUT2D eigenvalue weighted by Gasteiger charge is 2.15. The highest BCUT2D eigenvalue weighted by molar-refractivity contribution is 7.13. The van der Waals surface area contributed by atoms with E-state index in [0.717, 1.165) is 11.3 Å². The van der Waals surface area contributed by atoms with E-state index in [-0.39, 0.29) is 35.2 Å². The van der Waals surface area contributed by atoms with Gasteiger partial charge in [-0.25, -0.2) is 9.37 Å². The number of hydrogen-bond acceptors (Lipinski definition) is 7. The number of benzene rings is 1. The van der Waals surface area contributed by atoms with E-state index in [0.29, 0.717) is 5.69 Å². The number of aromatic nitrogens is 1. The summed E-state index contributed by atoms with van der Waals surface area (Å²) < 4.78 is 23.3. The molecule has 0 saturated carbocycles. The van der Waals surface area contributed by atoms with E-state index in [9.17, 15) is 18.8 Å². The average molecular weight is 415 g/mol. The number of thiazole rings is 1. The molecule has 0 atom stereocenters. The molecule has 0 bridgehead atoms. The van der Waals surface area contributed by atoms with Gasteiger partial charge in [-0.05, 0) is 19.1 Å². The molecule has 2 rings (SSSR count). The Hall–Kier alpha value is -2.52. The maximum absolute atomic E-state index is 13.6. The monoisotopic (exact) mass is 414 g/mol. The first-order chi connectivity index (χ1) is 12.9. The summed E-state index contributed by atoms with van der Waals surface area (Å²) in [6.45, 7) is 1.42. The minimum absolute atomic E-state index is 0.00139. The summed E-state index contributed by atoms with van der Waals surface area (Å²) in [5.74, 6) is -2.44. The lowest BCUT2D eigenvalue weighted by molar-refractivity contribution is -0.146. The van der Waals surface area contributed by atoms with Crippen molar-refractivity contribution in [1.82, 2.24) is 4.98 Å². The van der Waals surface area contributed by atoms with Gasteiger partial charge in [0.2, 0.25) is 0 Å². The Morgan fingerprint density at radius 3 is 2.67 bits per heavy atom. The molecule has 27 heavy (non-hydrogen) atoms. The molecule has 0 aliphatic heterocycles. The number of hydrogen-bond donors (Lipinski definition) is 1. The summed E-state index contributed by atoms with van der Waals surface area (Å²) in [6.07, 6.45) is -0.391. The summed E-state index contributed by atoms with van der Waals surface area (Å²) in [7, 11) is 0. The maximum atomic E-state index is 13.6. The average Bonchev–Trinajstić information content (AvgIpc) is 3.03. The SMILES string of the molecule is CCOC(=O)Cc1csc(NC(=O)COC(=O)Cc2c(F)cccc2Cl)n1. The summed E-state index contributed by atoms with van der Waals surface area (Å²) in [5.41, 5.74) is 0.466. The molecule has 1 aromatic heterocycles. The van der Waals surface area contributed by atoms with Gasteiger partial charge in [0.05, 0.1) is 25.1 Å². The quantitative estimate of drug-likeness (QED) is 0.667. The van der Waals surface area contributed by atoms with Crippen molar-refractivity contribution >= 4 is 45.9 Å². The van der Waals surface area contributed by atoms with Gasteiger partial charge in [0.15, 0.2) is 11.7 Å². The molecule has 1 heterocycles. The van der Waals surface area contributed by atoms with Crippen LogP contribution in [0.5, 0.6) is 0 Å². The number of carbonyl (C=O) groups excluding carboxylic acids is 3. The van der Waals surface area contributed by atoms with E-state index < -0.39 is 30.3 Å². The van der Waals surface area contributed by atoms with E-state index in [1.165, 1.54) is 18.2 Å². The van der Waals surface area contributed by atoms with Gasteiger partial charge in [0.1, 0.15) is 5.82 Å². The van der Waals surface area contributed by atoms with Crippen molar-refractivity contribution in [2.45, 2.75) is 19.8 Å². The third-order valence-electron chi connectivity index (χ3n) is 3.18. The molecule has 0 saturated heterocycles. The number of nitrogens with zero attached hydrogens (tertiary/aromatic N) is 1. The van der Waals surface area contributed by atoms with Gasteiger partial charge in [0.25, 0.3) is 5.91 Å². The van der Waals surface area contributed by atoms with Crippen LogP contribution >= 0.6 is 22.9 Å². The fraction of sp³-hybridized carbons (Fsp3) is 0.294. The number of rotatable bonds is 8. The highest BCUT2D eigenvalue weighted by Crippen LogP contribution is 2.20. The zero-order valence-electron chi connectivity index (χ0n) is 14.3. The number of amides is 1. The Labute approximate surface area is 163 Å². The van der Waals surface area contributed by atoms with Crippen LogP contribution in [0.3, 0.4) is 0 Å². The van der Waals surface area contributed by atoms with Crippen molar-refractivity contribution in [2.24, 2.45) is 0 Å². The molecule has 1 amide bonds. The van der Waals surface area contributed by atoms with Crippen LogP contribution in [-0.2, 0) is 36.7 Å². The van der Waals surface area contributed by atoms with Gasteiger partial charge in [0, 0.05) is 16.0 Å². The molecule has 144 valence electrons. The van der Waals surface area contributed by atoms with Crippen molar-refractivity contribution in [3.05, 3.63) is 45.7 Å². The predicted molar refractivity (Wildman–Crippen MR) is 97.2 cm³/mol. The van der Waals surface area contributed by atoms with Crippen LogP contribution in [0.4, 0.5) is 9.52 Å². The molecule has 0 spiro atoms. The number of carbonyl (C=O) groups is 3. The number of halogens is 2. The molecule has 1 N–H and O–H groups in total. The highest BCUT2D eigenvalue weighted by atomic mass is 35.5. The summed E-state index contributed by atoms with van der Waals surface area (Å²) in [5, 5.41) is 4.42. The van der Waals surface area contributed by atoms with Crippen LogP contribution in [0.25, 0.3) is 0 Å². The zero-order chi connectivity index (χ0) is 19.8. The Bertz CT molecular complexity index is 822. The second kappa shape index (κ2) is 9.98. The van der Waals surface area contributed by atoms with E-state index >= 15 is 0 Å². The Kier molecular flexibility index (Phi) is 7.68. The number of nitrogens with one attached hydrogen (secondary N) is 1. The van der Waals surface area contributed by atoms with Gasteiger partial charge < -0.3 is 9.47 Å². The fourth-order valence-electron chi connectivity index (χ4n) is 2.00. The third kappa shape index (κ3) is 6.61. The summed E-state index contributed by atoms with van der Waals surface area (Å²) in [6, 6.07) is 4.05. The first-order valence-corrected chi connectivity index (χ1v) is 9.13. The van der Waals surface area contributed by atoms with Crippen molar-refractivity contribution in [1.29, 1.82) is 0 Å². The molecule has 0 aliphatic rings. The van der Waals surface area contributed by atoms with Crippen molar-refractivity contribution in [3.63, 3.8) is 0 Å². The first-order valence-electron chi connectivity index (χ1n) is 7.87. The zero-order valence-corrected chi connectivity index (χ0v) is 15.9. The lowest BCUT2D eigenvalue weighted by Crippen LogP contribution is -2.22. The molecular formula is C17H16ClFN2O5S. The Balaban J connectivity index is 1.80. The van der Waals surface area contributed by atoms with E-state index in [1.807, 2.05) is 0 Å². The predicted octanol–water partition coefficient (Wildman–Crippen LogP) is 2.77. The standard InChI is InChI=1S/C17H16ClFN2O5S/c1-2-25-15(23)6-10-9-27-17(20-10)21-14(22)8-26-16(24)7-11-12(18)4-3-5-13(11)19/h3-5,9H,2,6-8H2,1H3,(H,20,21,22). The Morgan fingerprint density at radius 2 is 1.96 bits per heavy atom. The van der Waals surface area contributed by atoms with Crippen molar-refractivity contribution in [3.8, 4) is 0 Å². The Morgan fingerprint density at radius 1 is 1.22 bits per heavy atom. The smallest absolute Gasteiger partial charge is 0.311 e. The maximum Gasteiger partial charge on any atom is 0.311 e. The first kappa shape index (κ1) is 20.8. The number of esters is 2. The lowest BCUT2D eigenvalue weighted by Gasteiger charge is -2.07. The summed E-state index contributed by atoms with van der Waals surface area (Å²) >= 11 is 6.96. The molecular weight excluding hydrogens is 399 g/mol. The molecule has 0 unspecified atom stereocenters. The second-order valence-corrected chi connectivity index (χ2v) is 6.48. The molecule has 0 radical (unpaired) electrons. The van der Waals surface area contributed by atoms with Gasteiger partial charge in [-0.1, -0.05) is 17.7 Å². The van der Waals surface area contributed by atoms with Crippen LogP contribution in [0, 0.1) is 5.82 Å². The fourth-order valence-corrected chi connectivity index (χ4v) is 2.96. The molecule has 0 aliphatic carbocycles. The van der Waals surface area contributed by atoms with E-state index in [1.54, 1.807) is 12.3 Å². The van der Waals surface area contributed by atoms with Gasteiger partial charge in [-0.2, -0.15) is 0 Å². The van der Waals surface area contributed by atoms with Crippen molar-refractivity contribution in [2.75, 3.05) is 18.5 Å². The minimum Gasteiger partial charge on any atom is -0.466 e. The largest absolute Gasteiger partial charge is 0.466 e. The molecule has 10 heteroatoms. The van der Waals surface area contributed by atoms with Crippen LogP contribution < -0.4 is 5.32 Å². The van der Waals surface area contributed by atoms with Gasteiger partial charge >= 0.3 is 11.9 Å². The minimum atomic E-state index is -0.792. The van der Waals surface area contributed by atoms with Crippen LogP contribution in [0.2, 0.25) is 5.02 Å². The van der Waals surface area contributed by atoms with E-state index in [2.05, 4.69) is 10.3 Å². The van der Waals surface area contributed by atoms with Crippen molar-refractivity contribution < 1.29 is 28.2 Å². The lowest BCUT2D eigenvalue weighted by atomic mass is 10.1. The number of anilines is 1. The second-order valence-electron chi connectivity index (χ2n) is 5.21. The van der Waals surface area contributed by atoms with E-state index in [4.69, 9.17) is 21.1 Å². The van der Waals surface area contributed by atoms with Crippen LogP contribution in [0.15, 0.2) is 23.6 Å². The van der Waals surface area contributed by atoms with Gasteiger partial charge in [-0.3, -0.25) is 19.7 Å². The molecule has 2 aromatic rings. The normalized spacial score (nSPS) is 10.3. The molecule has 0 fully saturated rings. The van der Waals surface area contributed by atoms with Gasteiger partial charge in [-0.15, -0.1) is 11.3 Å². The molecule has 1 aromatic carbocycles. The summed E-state index contributed by atoms with van der Waals surface area (Å²) in [4.78, 5) is 39.0. The topological polar surface area (TPSA) is 94.6 Å². The van der Waals surface area contributed by atoms with Crippen LogP contribution in [0.1, 0.15) is 18.2 Å². The van der Waals surface area contributed by atoms with Crippen LogP contribution in [-0.4, -0.2) is 36.0 Å². The molecule has 7 nitrogen and oxygen atoms in total. The number of ether oxygens (including phenoxy) is 2. The third-order valence-corrected chi connectivity index (χ3v) is 4.34.